The minimum atomic E-state index is -3.69. The normalized spacial score (nSPS) is 15.0. The summed E-state index contributed by atoms with van der Waals surface area (Å²) in [6.07, 6.45) is 6.16. The Balaban J connectivity index is 1.52. The van der Waals surface area contributed by atoms with Crippen molar-refractivity contribution in [1.82, 2.24) is 14.3 Å². The zero-order chi connectivity index (χ0) is 19.7. The van der Waals surface area contributed by atoms with Crippen LogP contribution in [0.2, 0.25) is 0 Å². The second-order valence-electron chi connectivity index (χ2n) is 6.77. The van der Waals surface area contributed by atoms with Crippen LogP contribution in [-0.4, -0.2) is 23.9 Å². The molecule has 1 aliphatic rings. The molecule has 144 valence electrons. The van der Waals surface area contributed by atoms with E-state index in [0.29, 0.717) is 18.5 Å². The number of benzene rings is 2. The smallest absolute Gasteiger partial charge is 0.241 e. The lowest BCUT2D eigenvalue weighted by atomic mass is 10.0. The van der Waals surface area contributed by atoms with Gasteiger partial charge in [0.25, 0.3) is 0 Å². The van der Waals surface area contributed by atoms with Crippen LogP contribution in [-0.2, 0) is 21.2 Å². The van der Waals surface area contributed by atoms with Crippen LogP contribution in [0.15, 0.2) is 66.1 Å². The molecule has 4 rings (SSSR count). The third-order valence-corrected chi connectivity index (χ3v) is 6.35. The maximum absolute atomic E-state index is 12.8. The monoisotopic (exact) mass is 396 g/mol. The highest BCUT2D eigenvalue weighted by Crippen LogP contribution is 2.26. The second-order valence-corrected chi connectivity index (χ2v) is 8.49. The molecule has 2 aromatic carbocycles. The van der Waals surface area contributed by atoms with Crippen molar-refractivity contribution in [1.29, 1.82) is 0 Å². The third kappa shape index (κ3) is 3.69. The summed E-state index contributed by atoms with van der Waals surface area (Å²) in [4.78, 5) is 15.7. The van der Waals surface area contributed by atoms with Gasteiger partial charge < -0.3 is 9.88 Å². The van der Waals surface area contributed by atoms with E-state index in [2.05, 4.69) is 15.0 Å². The van der Waals surface area contributed by atoms with E-state index in [0.717, 1.165) is 16.8 Å². The summed E-state index contributed by atoms with van der Waals surface area (Å²) in [5, 5.41) is 2.76. The van der Waals surface area contributed by atoms with Crippen molar-refractivity contribution in [2.45, 2.75) is 30.7 Å². The Labute approximate surface area is 163 Å². The maximum Gasteiger partial charge on any atom is 0.241 e. The lowest BCUT2D eigenvalue weighted by Gasteiger charge is -2.19. The Kier molecular flexibility index (Phi) is 4.74. The molecule has 3 aromatic rings. The number of carbonyl (C=O) groups is 1. The summed E-state index contributed by atoms with van der Waals surface area (Å²) in [6, 6.07) is 12.0. The van der Waals surface area contributed by atoms with E-state index in [1.54, 1.807) is 24.7 Å². The predicted octanol–water partition coefficient (Wildman–Crippen LogP) is 2.80. The van der Waals surface area contributed by atoms with Crippen LogP contribution >= 0.6 is 0 Å². The molecule has 7 nitrogen and oxygen atoms in total. The highest BCUT2D eigenvalue weighted by atomic mass is 32.2. The van der Waals surface area contributed by atoms with Crippen molar-refractivity contribution in [3.63, 3.8) is 0 Å². The summed E-state index contributed by atoms with van der Waals surface area (Å²) in [6.45, 7) is 1.81. The number of amides is 1. The molecule has 0 fully saturated rings. The summed E-state index contributed by atoms with van der Waals surface area (Å²) in [5.41, 5.74) is 3.32. The van der Waals surface area contributed by atoms with Crippen molar-refractivity contribution < 1.29 is 13.2 Å². The first-order valence-corrected chi connectivity index (χ1v) is 10.4. The Morgan fingerprint density at radius 1 is 1.14 bits per heavy atom. The summed E-state index contributed by atoms with van der Waals surface area (Å²) >= 11 is 0. The highest BCUT2D eigenvalue weighted by Gasteiger charge is 2.22. The molecule has 0 radical (unpaired) electrons. The number of hydrogen-bond donors (Lipinski definition) is 2. The molecule has 1 unspecified atom stereocenters. The number of fused-ring (bicyclic) bond motifs is 1. The standard InChI is InChI=1S/C20H20N4O3S/c1-14(15-2-5-17(6-3-15)24-11-10-21-13-24)23-28(26,27)18-7-8-19-16(12-18)4-9-20(25)22-19/h2-3,5-8,10-14,23H,4,9H2,1H3,(H,22,25). The van der Waals surface area contributed by atoms with Crippen LogP contribution in [0.1, 0.15) is 30.5 Å². The third-order valence-electron chi connectivity index (χ3n) is 4.81. The van der Waals surface area contributed by atoms with Crippen molar-refractivity contribution in [3.05, 3.63) is 72.3 Å². The molecular formula is C20H20N4O3S. The van der Waals surface area contributed by atoms with Crippen molar-refractivity contribution in [2.75, 3.05) is 5.32 Å². The molecule has 8 heteroatoms. The Hall–Kier alpha value is -2.97. The molecule has 1 aliphatic heterocycles. The van der Waals surface area contributed by atoms with Gasteiger partial charge >= 0.3 is 0 Å². The number of anilines is 1. The summed E-state index contributed by atoms with van der Waals surface area (Å²) in [5.74, 6) is -0.0472. The number of aryl methyl sites for hydroxylation is 1. The number of sulfonamides is 1. The van der Waals surface area contributed by atoms with Crippen LogP contribution in [0.3, 0.4) is 0 Å². The molecule has 0 saturated carbocycles. The summed E-state index contributed by atoms with van der Waals surface area (Å²) in [7, 11) is -3.69. The lowest BCUT2D eigenvalue weighted by molar-refractivity contribution is -0.116. The van der Waals surface area contributed by atoms with Gasteiger partial charge in [0, 0.05) is 36.2 Å². The van der Waals surface area contributed by atoms with Crippen molar-refractivity contribution in [3.8, 4) is 5.69 Å². The van der Waals surface area contributed by atoms with Gasteiger partial charge in [0.05, 0.1) is 11.2 Å². The van der Waals surface area contributed by atoms with E-state index in [1.807, 2.05) is 42.0 Å². The quantitative estimate of drug-likeness (QED) is 0.694. The zero-order valence-corrected chi connectivity index (χ0v) is 16.1. The first kappa shape index (κ1) is 18.4. The molecular weight excluding hydrogens is 376 g/mol. The van der Waals surface area contributed by atoms with Gasteiger partial charge in [-0.2, -0.15) is 0 Å². The van der Waals surface area contributed by atoms with Crippen LogP contribution in [0.4, 0.5) is 5.69 Å². The van der Waals surface area contributed by atoms with Gasteiger partial charge in [-0.3, -0.25) is 4.79 Å². The van der Waals surface area contributed by atoms with E-state index in [9.17, 15) is 13.2 Å². The molecule has 0 aliphatic carbocycles. The lowest BCUT2D eigenvalue weighted by Crippen LogP contribution is -2.27. The fraction of sp³-hybridized carbons (Fsp3) is 0.200. The number of imidazole rings is 1. The molecule has 1 atom stereocenters. The summed E-state index contributed by atoms with van der Waals surface area (Å²) < 4.78 is 30.2. The topological polar surface area (TPSA) is 93.1 Å². The van der Waals surface area contributed by atoms with Gasteiger partial charge in [-0.25, -0.2) is 18.1 Å². The number of nitrogens with one attached hydrogen (secondary N) is 2. The van der Waals surface area contributed by atoms with E-state index in [1.165, 1.54) is 6.07 Å². The van der Waals surface area contributed by atoms with E-state index in [-0.39, 0.29) is 10.8 Å². The molecule has 2 heterocycles. The molecule has 1 amide bonds. The Bertz CT molecular complexity index is 1110. The number of carbonyl (C=O) groups excluding carboxylic acids is 1. The van der Waals surface area contributed by atoms with Gasteiger partial charge in [-0.15, -0.1) is 0 Å². The first-order valence-electron chi connectivity index (χ1n) is 8.96. The first-order chi connectivity index (χ1) is 13.4. The second kappa shape index (κ2) is 7.21. The minimum Gasteiger partial charge on any atom is -0.326 e. The van der Waals surface area contributed by atoms with Gasteiger partial charge in [-0.05, 0) is 54.8 Å². The largest absolute Gasteiger partial charge is 0.326 e. The van der Waals surface area contributed by atoms with E-state index < -0.39 is 16.1 Å². The van der Waals surface area contributed by atoms with Crippen LogP contribution < -0.4 is 10.0 Å². The SMILES string of the molecule is CC(NS(=O)(=O)c1ccc2c(c1)CCC(=O)N2)c1ccc(-n2ccnc2)cc1. The molecule has 0 spiro atoms. The molecule has 2 N–H and O–H groups in total. The molecule has 1 aromatic heterocycles. The van der Waals surface area contributed by atoms with Crippen molar-refractivity contribution in [2.24, 2.45) is 0 Å². The minimum absolute atomic E-state index is 0.0472. The van der Waals surface area contributed by atoms with Crippen LogP contribution in [0, 0.1) is 0 Å². The molecule has 0 saturated heterocycles. The molecule has 28 heavy (non-hydrogen) atoms. The van der Waals surface area contributed by atoms with Crippen molar-refractivity contribution >= 4 is 21.6 Å². The Morgan fingerprint density at radius 2 is 1.93 bits per heavy atom. The van der Waals surface area contributed by atoms with E-state index >= 15 is 0 Å². The van der Waals surface area contributed by atoms with Gasteiger partial charge in [0.1, 0.15) is 0 Å². The number of nitrogens with zero attached hydrogens (tertiary/aromatic N) is 2. The number of hydrogen-bond acceptors (Lipinski definition) is 4. The van der Waals surface area contributed by atoms with Gasteiger partial charge in [-0.1, -0.05) is 12.1 Å². The van der Waals surface area contributed by atoms with Crippen LogP contribution in [0.25, 0.3) is 5.69 Å². The van der Waals surface area contributed by atoms with Gasteiger partial charge in [0.15, 0.2) is 0 Å². The zero-order valence-electron chi connectivity index (χ0n) is 15.3. The maximum atomic E-state index is 12.8. The molecule has 0 bridgehead atoms. The van der Waals surface area contributed by atoms with Crippen LogP contribution in [0.5, 0.6) is 0 Å². The number of rotatable bonds is 5. The highest BCUT2D eigenvalue weighted by molar-refractivity contribution is 7.89. The average molecular weight is 396 g/mol. The fourth-order valence-corrected chi connectivity index (χ4v) is 4.52. The fourth-order valence-electron chi connectivity index (χ4n) is 3.24. The Morgan fingerprint density at radius 3 is 2.64 bits per heavy atom. The van der Waals surface area contributed by atoms with E-state index in [4.69, 9.17) is 0 Å². The number of aromatic nitrogens is 2. The average Bonchev–Trinajstić information content (AvgIpc) is 3.22. The predicted molar refractivity (Wildman–Crippen MR) is 106 cm³/mol. The van der Waals surface area contributed by atoms with Gasteiger partial charge in [0.2, 0.25) is 15.9 Å².